The summed E-state index contributed by atoms with van der Waals surface area (Å²) in [4.78, 5) is 51.7. The molecule has 1 aromatic rings. The van der Waals surface area contributed by atoms with Crippen LogP contribution >= 0.6 is 0 Å². The molecule has 0 aromatic heterocycles. The molecule has 9 heteroatoms. The molecule has 2 saturated heterocycles. The van der Waals surface area contributed by atoms with Crippen LogP contribution in [0.1, 0.15) is 40.0 Å². The van der Waals surface area contributed by atoms with Gasteiger partial charge in [-0.3, -0.25) is 29.4 Å². The van der Waals surface area contributed by atoms with Crippen LogP contribution in [0.2, 0.25) is 0 Å². The van der Waals surface area contributed by atoms with E-state index in [0.29, 0.717) is 25.2 Å². The van der Waals surface area contributed by atoms with Gasteiger partial charge in [-0.15, -0.1) is 0 Å². The lowest BCUT2D eigenvalue weighted by Crippen LogP contribution is -2.54. The minimum atomic E-state index is -1.05. The van der Waals surface area contributed by atoms with Crippen LogP contribution in [0.15, 0.2) is 18.2 Å². The van der Waals surface area contributed by atoms with Gasteiger partial charge in [-0.1, -0.05) is 0 Å². The SMILES string of the molecule is N[C@@H]1CN(c2ccc3c(c2)C(=O)N(C2CCC(=O)NC2=O)C3=O)CC[C@H]1F. The summed E-state index contributed by atoms with van der Waals surface area (Å²) in [6, 6.07) is 3.23. The van der Waals surface area contributed by atoms with E-state index in [0.717, 1.165) is 4.90 Å². The number of piperidine rings is 2. The smallest absolute Gasteiger partial charge is 0.262 e. The summed E-state index contributed by atoms with van der Waals surface area (Å²) in [6.07, 6.45) is -0.567. The number of hydrogen-bond acceptors (Lipinski definition) is 6. The number of halogens is 1. The van der Waals surface area contributed by atoms with Crippen molar-refractivity contribution in [2.45, 2.75) is 37.5 Å². The number of rotatable bonds is 2. The van der Waals surface area contributed by atoms with Gasteiger partial charge in [0.2, 0.25) is 11.8 Å². The van der Waals surface area contributed by atoms with Crippen molar-refractivity contribution in [2.24, 2.45) is 5.73 Å². The van der Waals surface area contributed by atoms with E-state index < -0.39 is 41.9 Å². The number of amides is 4. The third-order valence-electron chi connectivity index (χ3n) is 5.36. The summed E-state index contributed by atoms with van der Waals surface area (Å²) in [6.45, 7) is 0.783. The number of carbonyl (C=O) groups is 4. The Bertz CT molecular complexity index is 858. The molecule has 3 N–H and O–H groups in total. The first kappa shape index (κ1) is 17.6. The Kier molecular flexibility index (Phi) is 4.18. The van der Waals surface area contributed by atoms with Gasteiger partial charge in [0.25, 0.3) is 11.8 Å². The average Bonchev–Trinajstić information content (AvgIpc) is 2.88. The monoisotopic (exact) mass is 374 g/mol. The van der Waals surface area contributed by atoms with Gasteiger partial charge < -0.3 is 10.6 Å². The van der Waals surface area contributed by atoms with Gasteiger partial charge in [0.1, 0.15) is 12.2 Å². The van der Waals surface area contributed by atoms with Crippen LogP contribution in [0.3, 0.4) is 0 Å². The average molecular weight is 374 g/mol. The number of nitrogens with zero attached hydrogens (tertiary/aromatic N) is 2. The summed E-state index contributed by atoms with van der Waals surface area (Å²) < 4.78 is 13.6. The van der Waals surface area contributed by atoms with Crippen molar-refractivity contribution in [3.8, 4) is 0 Å². The molecule has 0 bridgehead atoms. The Morgan fingerprint density at radius 1 is 1.07 bits per heavy atom. The second kappa shape index (κ2) is 6.41. The summed E-state index contributed by atoms with van der Waals surface area (Å²) >= 11 is 0. The topological polar surface area (TPSA) is 113 Å². The second-order valence-electron chi connectivity index (χ2n) is 7.09. The fraction of sp³-hybridized carbons (Fsp3) is 0.444. The molecule has 1 unspecified atom stereocenters. The van der Waals surface area contributed by atoms with Crippen LogP contribution in [0.25, 0.3) is 0 Å². The highest BCUT2D eigenvalue weighted by atomic mass is 19.1. The van der Waals surface area contributed by atoms with E-state index in [-0.39, 0.29) is 24.0 Å². The number of alkyl halides is 1. The molecule has 1 aromatic carbocycles. The molecule has 2 fully saturated rings. The Morgan fingerprint density at radius 2 is 1.81 bits per heavy atom. The minimum Gasteiger partial charge on any atom is -0.370 e. The van der Waals surface area contributed by atoms with Crippen LogP contribution < -0.4 is 16.0 Å². The lowest BCUT2D eigenvalue weighted by Gasteiger charge is -2.34. The first-order valence-electron chi connectivity index (χ1n) is 8.87. The van der Waals surface area contributed by atoms with Crippen molar-refractivity contribution in [2.75, 3.05) is 18.0 Å². The molecule has 0 aliphatic carbocycles. The van der Waals surface area contributed by atoms with Crippen LogP contribution in [0.4, 0.5) is 10.1 Å². The third-order valence-corrected chi connectivity index (χ3v) is 5.36. The number of carbonyl (C=O) groups excluding carboxylic acids is 4. The second-order valence-corrected chi connectivity index (χ2v) is 7.09. The number of hydrogen-bond donors (Lipinski definition) is 2. The highest BCUT2D eigenvalue weighted by Gasteiger charge is 2.44. The predicted octanol–water partition coefficient (Wildman–Crippen LogP) is -0.0367. The van der Waals surface area contributed by atoms with E-state index in [4.69, 9.17) is 5.73 Å². The first-order valence-corrected chi connectivity index (χ1v) is 8.87. The number of anilines is 1. The Hall–Kier alpha value is -2.81. The lowest BCUT2D eigenvalue weighted by atomic mass is 10.0. The van der Waals surface area contributed by atoms with E-state index >= 15 is 0 Å². The van der Waals surface area contributed by atoms with Crippen molar-refractivity contribution in [1.82, 2.24) is 10.2 Å². The summed E-state index contributed by atoms with van der Waals surface area (Å²) in [5, 5.41) is 2.16. The maximum Gasteiger partial charge on any atom is 0.262 e. The van der Waals surface area contributed by atoms with Crippen molar-refractivity contribution >= 4 is 29.3 Å². The van der Waals surface area contributed by atoms with Crippen molar-refractivity contribution < 1.29 is 23.6 Å². The number of nitrogens with two attached hydrogens (primary N) is 1. The third kappa shape index (κ3) is 2.87. The predicted molar refractivity (Wildman–Crippen MR) is 92.8 cm³/mol. The highest BCUT2D eigenvalue weighted by molar-refractivity contribution is 6.23. The zero-order valence-electron chi connectivity index (χ0n) is 14.5. The van der Waals surface area contributed by atoms with Gasteiger partial charge in [-0.2, -0.15) is 0 Å². The molecular weight excluding hydrogens is 355 g/mol. The molecular formula is C18H19FN4O4. The van der Waals surface area contributed by atoms with E-state index in [1.807, 2.05) is 4.90 Å². The standard InChI is InChI=1S/C18H19FN4O4/c19-12-5-6-22(8-13(12)20)9-1-2-10-11(7-9)18(27)23(17(10)26)14-3-4-15(24)21-16(14)25/h1-2,7,12-14H,3-6,8,20H2,(H,21,24,25)/t12-,13-,14?/m1/s1. The molecule has 0 spiro atoms. The largest absolute Gasteiger partial charge is 0.370 e. The first-order chi connectivity index (χ1) is 12.9. The molecule has 8 nitrogen and oxygen atoms in total. The Morgan fingerprint density at radius 3 is 2.52 bits per heavy atom. The Labute approximate surface area is 154 Å². The summed E-state index contributed by atoms with van der Waals surface area (Å²) in [7, 11) is 0. The maximum atomic E-state index is 13.6. The van der Waals surface area contributed by atoms with Gasteiger partial charge in [0.05, 0.1) is 17.2 Å². The number of benzene rings is 1. The molecule has 0 radical (unpaired) electrons. The fourth-order valence-electron chi connectivity index (χ4n) is 3.84. The van der Waals surface area contributed by atoms with Crippen LogP contribution in [0, 0.1) is 0 Å². The molecule has 3 atom stereocenters. The van der Waals surface area contributed by atoms with Gasteiger partial charge in [-0.05, 0) is 31.0 Å². The quantitative estimate of drug-likeness (QED) is 0.703. The van der Waals surface area contributed by atoms with Crippen molar-refractivity contribution in [3.05, 3.63) is 29.3 Å². The maximum absolute atomic E-state index is 13.6. The van der Waals surface area contributed by atoms with E-state index in [1.165, 1.54) is 0 Å². The molecule has 4 rings (SSSR count). The zero-order chi connectivity index (χ0) is 19.3. The van der Waals surface area contributed by atoms with Crippen LogP contribution in [0.5, 0.6) is 0 Å². The highest BCUT2D eigenvalue weighted by Crippen LogP contribution is 2.31. The van der Waals surface area contributed by atoms with E-state index in [9.17, 15) is 23.6 Å². The lowest BCUT2D eigenvalue weighted by molar-refractivity contribution is -0.136. The van der Waals surface area contributed by atoms with Gasteiger partial charge in [0.15, 0.2) is 0 Å². The van der Waals surface area contributed by atoms with Crippen molar-refractivity contribution in [1.29, 1.82) is 0 Å². The van der Waals surface area contributed by atoms with Gasteiger partial charge >= 0.3 is 0 Å². The molecule has 4 amide bonds. The molecule has 3 aliphatic heterocycles. The molecule has 3 heterocycles. The van der Waals surface area contributed by atoms with E-state index in [1.54, 1.807) is 18.2 Å². The minimum absolute atomic E-state index is 0.0745. The fourth-order valence-corrected chi connectivity index (χ4v) is 3.84. The number of imide groups is 2. The van der Waals surface area contributed by atoms with E-state index in [2.05, 4.69) is 5.32 Å². The Balaban J connectivity index is 1.60. The summed E-state index contributed by atoms with van der Waals surface area (Å²) in [5.74, 6) is -2.16. The number of nitrogens with one attached hydrogen (secondary N) is 1. The molecule has 27 heavy (non-hydrogen) atoms. The normalized spacial score (nSPS) is 28.4. The molecule has 142 valence electrons. The molecule has 0 saturated carbocycles. The van der Waals surface area contributed by atoms with Gasteiger partial charge in [-0.25, -0.2) is 4.39 Å². The van der Waals surface area contributed by atoms with Crippen LogP contribution in [-0.2, 0) is 9.59 Å². The van der Waals surface area contributed by atoms with Gasteiger partial charge in [0, 0.05) is 25.2 Å². The molecule has 3 aliphatic rings. The zero-order valence-corrected chi connectivity index (χ0v) is 14.5. The number of fused-ring (bicyclic) bond motifs is 1. The van der Waals surface area contributed by atoms with Crippen LogP contribution in [-0.4, -0.2) is 59.9 Å². The van der Waals surface area contributed by atoms with Crippen molar-refractivity contribution in [3.63, 3.8) is 0 Å². The summed E-state index contributed by atoms with van der Waals surface area (Å²) in [5.41, 5.74) is 6.91.